The van der Waals surface area contributed by atoms with Gasteiger partial charge in [-0.2, -0.15) is 5.48 Å². The zero-order chi connectivity index (χ0) is 103. The van der Waals surface area contributed by atoms with Crippen molar-refractivity contribution in [1.82, 2.24) is 26.3 Å². The number of nitrogens with one attached hydrogen (secondary N) is 5. The molecular formula is C96H136IN9O31S3. The van der Waals surface area contributed by atoms with E-state index < -0.39 is 228 Å². The number of carboxylic acid groups (broad SMARTS) is 1. The van der Waals surface area contributed by atoms with Gasteiger partial charge in [-0.05, 0) is 164 Å². The van der Waals surface area contributed by atoms with E-state index in [1.165, 1.54) is 74.9 Å². The van der Waals surface area contributed by atoms with E-state index in [-0.39, 0.29) is 148 Å². The molecule has 2 saturated carbocycles. The number of hydrogen-bond donors (Lipinski definition) is 14. The van der Waals surface area contributed by atoms with Crippen LogP contribution in [0.25, 0.3) is 0 Å². The van der Waals surface area contributed by atoms with Gasteiger partial charge in [-0.1, -0.05) is 95.5 Å². The Kier molecular flexibility index (Phi) is 44.8. The molecule has 2 aromatic rings. The number of aliphatic hydroxyl groups is 5. The minimum absolute atomic E-state index is 0.0167. The van der Waals surface area contributed by atoms with Crippen LogP contribution in [0.15, 0.2) is 47.6 Å². The Balaban J connectivity index is 0.953. The summed E-state index contributed by atoms with van der Waals surface area (Å²) in [5.41, 5.74) is 17.8. The number of anilines is 1. The fourth-order valence-corrected chi connectivity index (χ4v) is 22.7. The number of allylic oxidation sites excluding steroid dienone is 2. The molecule has 0 radical (unpaired) electrons. The molecule has 4 heterocycles. The van der Waals surface area contributed by atoms with Gasteiger partial charge in [-0.25, -0.2) is 9.59 Å². The Bertz CT molecular complexity index is 4870. The average Bonchev–Trinajstić information content (AvgIpc) is 1.49. The molecule has 44 heteroatoms. The number of urea groups is 1. The molecule has 9 rings (SSSR count). The Labute approximate surface area is 840 Å². The fourth-order valence-electron chi connectivity index (χ4n) is 18.7. The molecule has 776 valence electrons. The average molecular weight is 2140 g/mol. The highest BCUT2D eigenvalue weighted by atomic mass is 127. The maximum absolute atomic E-state index is 14.8. The lowest BCUT2D eigenvalue weighted by molar-refractivity contribution is -0.343. The van der Waals surface area contributed by atoms with Crippen LogP contribution in [-0.4, -0.2) is 306 Å². The van der Waals surface area contributed by atoms with E-state index in [1.807, 2.05) is 22.6 Å². The Morgan fingerprint density at radius 2 is 1.45 bits per heavy atom. The number of aliphatic carboxylic acids is 1. The van der Waals surface area contributed by atoms with Crippen LogP contribution >= 0.6 is 55.9 Å². The Morgan fingerprint density at radius 3 is 2.09 bits per heavy atom. The van der Waals surface area contributed by atoms with Crippen molar-refractivity contribution in [3.63, 3.8) is 0 Å². The van der Waals surface area contributed by atoms with Crippen molar-refractivity contribution >= 4 is 131 Å². The summed E-state index contributed by atoms with van der Waals surface area (Å²) >= 11 is 2.74. The molecule has 26 atom stereocenters. The number of carbonyl (C=O) groups excluding carboxylic acids is 11. The zero-order valence-corrected chi connectivity index (χ0v) is 85.9. The molecule has 2 aromatic carbocycles. The monoisotopic (exact) mass is 2130 g/mol. The highest BCUT2D eigenvalue weighted by Crippen LogP contribution is 2.70. The third-order valence-corrected chi connectivity index (χ3v) is 31.1. The molecule has 3 aliphatic carbocycles. The fraction of sp³-hybridized carbons (Fsp3) is 0.667. The molecule has 40 nitrogen and oxygen atoms in total. The number of methoxy groups -OCH3 is 4. The number of aliphatic hydroxyl groups excluding tert-OH is 4. The van der Waals surface area contributed by atoms with Crippen molar-refractivity contribution in [2.24, 2.45) is 58.1 Å². The van der Waals surface area contributed by atoms with Gasteiger partial charge in [0.2, 0.25) is 34.9 Å². The number of hydrogen-bond acceptors (Lipinski definition) is 36. The number of amides is 6. The summed E-state index contributed by atoms with van der Waals surface area (Å²) in [6, 6.07) is 2.54. The number of hydroxylamine groups is 1. The third kappa shape index (κ3) is 29.2. The SMILES string of the molecule is CCN(C(=O)OCc1ccc(NC(=O)[C@H](CCCNC(N)=O)CC(=O)[C@@H](NC(=O)[C@H](CCCCN)CC(C)=O)C(C)C)cc1)[C@H]1CO[C@@H](O[C@H]2[C@H](O[C@H]3C#C/C=C(/C)C#CC45C(CC(C)=O)C(=O)C[C@]4(O)/C(=C/CSSC[C@H](CC(=O)CCCN)C(=O)NCC(=O)O)C35)O[C@H](C)[C@@H](NO[C@H]3C[C@H](O)[C@H](SC(=O)c4c(C)c(I)c(O[C@@H]5O[C@@H](C)[C@H](O)[C@@H](OC)[C@H]5O)c(OC)c4OC)[C@@H](C)O3)[C@@H]2O)C[C@@H]1OC. The van der Waals surface area contributed by atoms with Crippen molar-refractivity contribution in [3.05, 3.63) is 67.8 Å². The third-order valence-electron chi connectivity index (χ3n) is 26.1. The molecule has 3 unspecified atom stereocenters. The van der Waals surface area contributed by atoms with E-state index in [1.54, 1.807) is 85.7 Å². The van der Waals surface area contributed by atoms with Gasteiger partial charge in [0, 0.05) is 125 Å². The molecule has 17 N–H and O–H groups in total. The van der Waals surface area contributed by atoms with Crippen molar-refractivity contribution in [3.8, 4) is 40.9 Å². The number of nitrogens with zero attached hydrogens (tertiary/aromatic N) is 1. The number of ether oxygens (including phenoxy) is 12. The van der Waals surface area contributed by atoms with Crippen molar-refractivity contribution in [2.45, 2.75) is 287 Å². The minimum atomic E-state index is -2.03. The van der Waals surface area contributed by atoms with Crippen LogP contribution in [0.3, 0.4) is 0 Å². The van der Waals surface area contributed by atoms with Crippen LogP contribution in [0, 0.1) is 75.1 Å². The molecular weight excluding hydrogens is 2000 g/mol. The zero-order valence-electron chi connectivity index (χ0n) is 81.3. The van der Waals surface area contributed by atoms with Gasteiger partial charge >= 0.3 is 18.1 Å². The predicted octanol–water partition coefficient (Wildman–Crippen LogP) is 5.30. The quantitative estimate of drug-likeness (QED) is 0.00997. The van der Waals surface area contributed by atoms with Crippen molar-refractivity contribution < 1.29 is 150 Å². The molecule has 6 amide bonds. The number of rotatable bonds is 52. The summed E-state index contributed by atoms with van der Waals surface area (Å²) in [6.07, 6.45) is -15.9. The summed E-state index contributed by atoms with van der Waals surface area (Å²) in [7, 11) is 7.84. The summed E-state index contributed by atoms with van der Waals surface area (Å²) < 4.78 is 75.4. The standard InChI is InChI=1S/C96H136IN9O31S3/c1-15-106(94(123)130-45-56-26-28-60(29-27-56)103-88(119)58(23-20-35-101-93(100)122)40-65(110)76(48(2)3)104-89(120)57(37-50(5)107)22-16-17-33-98)64-46-129-71(42-69(64)125-11)135-84-79(116)77(105-137-72-41-66(111)86(55(10)131-72)140-90(121)73-52(7)75(97)82(85(128-14)81(73)126-12)136-91-80(117)83(127-13)78(115)54(9)133-91)53(8)132-92(84)134-68-25-18-21-49(4)30-32-95-63(38-51(6)108)67(112)43-96(95,124)62(74(68)95)31-36-138-139-47-59(39-61(109)24-19-34-99)87(118)102-44-70(113)114/h21,26-29,31,48,53-55,57-59,63-64,66,68-69,71-72,74,76-80,83-84,86,91-92,105,111,115-117,124H,15-17,19-20,22-24,33-47,98-99H2,1-14H3,(H,102,118)(H,103,119)(H,104,120)(H,113,114)(H3,100,101,122)/b49-21-,62-31+/t53-,54+,55-,57-,58-,59+,63?,64+,66+,68+,69+,71+,72+,74?,76+,77-,78+,79+,80-,83-,84-,86-,91+,92+,95?,96+/m1/s1. The van der Waals surface area contributed by atoms with Crippen LogP contribution in [-0.2, 0) is 97.2 Å². The molecule has 1 spiro atoms. The number of carboxylic acids is 1. The molecule has 140 heavy (non-hydrogen) atoms. The van der Waals surface area contributed by atoms with Crippen molar-refractivity contribution in [2.75, 3.05) is 84.6 Å². The smallest absolute Gasteiger partial charge is 0.410 e. The number of nitrogens with two attached hydrogens (primary N) is 3. The molecule has 0 bridgehead atoms. The highest BCUT2D eigenvalue weighted by molar-refractivity contribution is 14.1. The van der Waals surface area contributed by atoms with Gasteiger partial charge in [0.05, 0.1) is 95.2 Å². The lowest BCUT2D eigenvalue weighted by Gasteiger charge is -2.60. The predicted molar refractivity (Wildman–Crippen MR) is 522 cm³/mol. The number of halogens is 1. The van der Waals surface area contributed by atoms with Crippen LogP contribution < -0.4 is 58.2 Å². The van der Waals surface area contributed by atoms with E-state index in [9.17, 15) is 88.2 Å². The highest BCUT2D eigenvalue weighted by Gasteiger charge is 2.78. The molecule has 6 fully saturated rings. The maximum Gasteiger partial charge on any atom is 0.410 e. The number of likely N-dealkylation sites (N-methyl/N-ethyl adjacent to an activating group) is 1. The Morgan fingerprint density at radius 1 is 0.757 bits per heavy atom. The first-order valence-electron chi connectivity index (χ1n) is 47.0. The summed E-state index contributed by atoms with van der Waals surface area (Å²) in [5.74, 6) is 2.84. The van der Waals surface area contributed by atoms with E-state index >= 15 is 0 Å². The first-order chi connectivity index (χ1) is 66.5. The van der Waals surface area contributed by atoms with Gasteiger partial charge in [0.15, 0.2) is 36.2 Å². The van der Waals surface area contributed by atoms with E-state index in [0.717, 1.165) is 11.8 Å². The number of ketones is 5. The summed E-state index contributed by atoms with van der Waals surface area (Å²) in [6.45, 7) is 15.7. The van der Waals surface area contributed by atoms with Gasteiger partial charge in [0.1, 0.15) is 78.5 Å². The Hall–Kier alpha value is -8.02. The van der Waals surface area contributed by atoms with E-state index in [2.05, 4.69) is 50.4 Å². The van der Waals surface area contributed by atoms with Crippen LogP contribution in [0.5, 0.6) is 17.2 Å². The van der Waals surface area contributed by atoms with Crippen molar-refractivity contribution in [1.29, 1.82) is 0 Å². The summed E-state index contributed by atoms with van der Waals surface area (Å²) in [4.78, 5) is 169. The number of Topliss-reactive ketones (excluding diaryl/α,β-unsaturated/α-hetero) is 5. The number of benzene rings is 2. The number of carbonyl (C=O) groups is 12. The molecule has 4 aliphatic heterocycles. The number of unbranched alkanes of at least 4 members (excludes halogenated alkanes) is 1. The first-order valence-corrected chi connectivity index (χ1v) is 51.4. The van der Waals surface area contributed by atoms with Crippen LogP contribution in [0.4, 0.5) is 15.3 Å². The topological polar surface area (TPSA) is 588 Å². The van der Waals surface area contributed by atoms with Gasteiger partial charge in [0.25, 0.3) is 0 Å². The van der Waals surface area contributed by atoms with Gasteiger partial charge in [-0.3, -0.25) is 43.2 Å². The minimum Gasteiger partial charge on any atom is -0.492 e. The largest absolute Gasteiger partial charge is 0.492 e. The molecule has 4 saturated heterocycles. The number of thioether (sulfide) groups is 1. The van der Waals surface area contributed by atoms with E-state index in [4.69, 9.17) is 78.9 Å². The van der Waals surface area contributed by atoms with E-state index in [0.29, 0.717) is 58.2 Å². The lowest BCUT2D eigenvalue weighted by atomic mass is 9.44. The maximum atomic E-state index is 14.8. The van der Waals surface area contributed by atoms with Gasteiger partial charge < -0.3 is 140 Å². The number of primary amides is 1. The normalized spacial score (nSPS) is 29.5. The summed E-state index contributed by atoms with van der Waals surface area (Å²) in [5, 5.41) is 78.9. The lowest BCUT2D eigenvalue weighted by Crippen LogP contribution is -2.69. The van der Waals surface area contributed by atoms with Gasteiger partial charge in [-0.15, -0.1) is 0 Å². The second-order valence-electron chi connectivity index (χ2n) is 36.4. The second kappa shape index (κ2) is 54.2. The molecule has 7 aliphatic rings. The molecule has 0 aromatic heterocycles. The first kappa shape index (κ1) is 116. The van der Waals surface area contributed by atoms with Crippen LogP contribution in [0.2, 0.25) is 0 Å². The van der Waals surface area contributed by atoms with Crippen LogP contribution in [0.1, 0.15) is 174 Å². The second-order valence-corrected chi connectivity index (χ2v) is 41.2.